The Labute approximate surface area is 87.4 Å². The summed E-state index contributed by atoms with van der Waals surface area (Å²) in [4.78, 5) is 0. The van der Waals surface area contributed by atoms with Crippen LogP contribution in [0.1, 0.15) is 27.2 Å². The smallest absolute Gasteiger partial charge is 0.0111 e. The Balaban J connectivity index is 3.26. The Kier molecular flexibility index (Phi) is 8.67. The largest absolute Gasteiger partial charge is 0.313 e. The molecule has 0 aromatic rings. The van der Waals surface area contributed by atoms with Crippen molar-refractivity contribution in [1.82, 2.24) is 5.32 Å². The third-order valence-corrected chi connectivity index (χ3v) is 3.41. The summed E-state index contributed by atoms with van der Waals surface area (Å²) in [6, 6.07) is 0.648. The van der Waals surface area contributed by atoms with E-state index in [1.165, 1.54) is 12.2 Å². The van der Waals surface area contributed by atoms with Crippen LogP contribution in [0.5, 0.6) is 0 Å². The topological polar surface area (TPSA) is 12.0 Å². The number of hydrogen-bond donors (Lipinski definition) is 1. The maximum Gasteiger partial charge on any atom is 0.0111 e. The Morgan fingerprint density at radius 1 is 1.46 bits per heavy atom. The zero-order valence-electron chi connectivity index (χ0n) is 9.18. The summed E-state index contributed by atoms with van der Waals surface area (Å²) in [5, 5.41) is 3.54. The van der Waals surface area contributed by atoms with Gasteiger partial charge in [-0.1, -0.05) is 26.3 Å². The summed E-state index contributed by atoms with van der Waals surface area (Å²) in [5.74, 6) is 3.04. The summed E-state index contributed by atoms with van der Waals surface area (Å²) < 4.78 is 0. The van der Waals surface area contributed by atoms with Gasteiger partial charge >= 0.3 is 0 Å². The maximum absolute atomic E-state index is 3.69. The fraction of sp³-hybridized carbons (Fsp3) is 0.818. The first kappa shape index (κ1) is 13.1. The third-order valence-electron chi connectivity index (χ3n) is 2.45. The Bertz CT molecular complexity index is 125. The molecule has 0 bridgehead atoms. The van der Waals surface area contributed by atoms with E-state index in [0.717, 1.165) is 18.2 Å². The van der Waals surface area contributed by atoms with E-state index in [0.29, 0.717) is 6.04 Å². The van der Waals surface area contributed by atoms with E-state index in [1.807, 2.05) is 17.8 Å². The fourth-order valence-corrected chi connectivity index (χ4v) is 1.68. The maximum atomic E-state index is 3.69. The first-order chi connectivity index (χ1) is 6.22. The van der Waals surface area contributed by atoms with Gasteiger partial charge in [-0.25, -0.2) is 0 Å². The predicted octanol–water partition coefficient (Wildman–Crippen LogP) is 2.93. The molecular formula is C11H23NS. The van der Waals surface area contributed by atoms with E-state index in [1.54, 1.807) is 0 Å². The molecule has 0 fully saturated rings. The lowest BCUT2D eigenvalue weighted by Crippen LogP contribution is -2.33. The minimum absolute atomic E-state index is 0.648. The van der Waals surface area contributed by atoms with Gasteiger partial charge in [-0.2, -0.15) is 11.8 Å². The van der Waals surface area contributed by atoms with Gasteiger partial charge in [-0.05, 0) is 12.8 Å². The second-order valence-corrected chi connectivity index (χ2v) is 4.64. The molecule has 0 aliphatic carbocycles. The molecule has 2 heteroatoms. The van der Waals surface area contributed by atoms with Crippen LogP contribution in [-0.4, -0.2) is 24.1 Å². The summed E-state index contributed by atoms with van der Waals surface area (Å²) in [5.41, 5.74) is 0. The van der Waals surface area contributed by atoms with Crippen LogP contribution in [0, 0.1) is 5.92 Å². The van der Waals surface area contributed by atoms with Gasteiger partial charge in [0, 0.05) is 24.1 Å². The molecule has 78 valence electrons. The first-order valence-electron chi connectivity index (χ1n) is 5.14. The van der Waals surface area contributed by atoms with Crippen LogP contribution in [0.4, 0.5) is 0 Å². The van der Waals surface area contributed by atoms with Gasteiger partial charge in [0.1, 0.15) is 0 Å². The van der Waals surface area contributed by atoms with Crippen LogP contribution in [0.15, 0.2) is 12.7 Å². The summed E-state index contributed by atoms with van der Waals surface area (Å²) in [6.07, 6.45) is 3.22. The number of nitrogens with one attached hydrogen (secondary N) is 1. The van der Waals surface area contributed by atoms with E-state index < -0.39 is 0 Å². The van der Waals surface area contributed by atoms with E-state index in [2.05, 4.69) is 32.7 Å². The molecule has 2 unspecified atom stereocenters. The predicted molar refractivity (Wildman–Crippen MR) is 64.4 cm³/mol. The highest BCUT2D eigenvalue weighted by Gasteiger charge is 2.07. The molecule has 2 atom stereocenters. The third kappa shape index (κ3) is 7.15. The number of rotatable bonds is 8. The highest BCUT2D eigenvalue weighted by Crippen LogP contribution is 2.06. The monoisotopic (exact) mass is 201 g/mol. The molecule has 0 heterocycles. The highest BCUT2D eigenvalue weighted by molar-refractivity contribution is 7.99. The lowest BCUT2D eigenvalue weighted by atomic mass is 10.0. The number of hydrogen-bond acceptors (Lipinski definition) is 2. The van der Waals surface area contributed by atoms with Crippen LogP contribution in [0.3, 0.4) is 0 Å². The quantitative estimate of drug-likeness (QED) is 0.479. The van der Waals surface area contributed by atoms with E-state index >= 15 is 0 Å². The van der Waals surface area contributed by atoms with Crippen molar-refractivity contribution in [2.75, 3.05) is 18.1 Å². The first-order valence-corrected chi connectivity index (χ1v) is 6.29. The molecule has 1 N–H and O–H groups in total. The molecule has 0 aromatic heterocycles. The molecule has 0 aliphatic heterocycles. The molecule has 0 rings (SSSR count). The van der Waals surface area contributed by atoms with Gasteiger partial charge < -0.3 is 5.32 Å². The molecule has 0 amide bonds. The Hall–Kier alpha value is 0.0500. The summed E-state index contributed by atoms with van der Waals surface area (Å²) >= 11 is 1.93. The average molecular weight is 201 g/mol. The standard InChI is InChI=1S/C11H23NS/c1-5-8-13-9-7-12-11(4)10(3)6-2/h5,10-12H,1,6-9H2,2-4H3. The normalized spacial score (nSPS) is 15.3. The van der Waals surface area contributed by atoms with Crippen LogP contribution < -0.4 is 5.32 Å². The van der Waals surface area contributed by atoms with Crippen molar-refractivity contribution in [3.05, 3.63) is 12.7 Å². The van der Waals surface area contributed by atoms with Crippen LogP contribution in [0.25, 0.3) is 0 Å². The molecule has 0 saturated carbocycles. The van der Waals surface area contributed by atoms with Crippen molar-refractivity contribution >= 4 is 11.8 Å². The minimum atomic E-state index is 0.648. The van der Waals surface area contributed by atoms with Crippen molar-refractivity contribution in [2.24, 2.45) is 5.92 Å². The zero-order valence-corrected chi connectivity index (χ0v) is 9.99. The molecule has 0 aliphatic rings. The Morgan fingerprint density at radius 3 is 2.69 bits per heavy atom. The lowest BCUT2D eigenvalue weighted by Gasteiger charge is -2.19. The van der Waals surface area contributed by atoms with Gasteiger partial charge in [0.05, 0.1) is 0 Å². The molecule has 1 nitrogen and oxygen atoms in total. The van der Waals surface area contributed by atoms with Crippen LogP contribution in [0.2, 0.25) is 0 Å². The molecule has 0 saturated heterocycles. The van der Waals surface area contributed by atoms with Crippen molar-refractivity contribution in [3.63, 3.8) is 0 Å². The second-order valence-electron chi connectivity index (χ2n) is 3.49. The second kappa shape index (κ2) is 8.64. The number of thioether (sulfide) groups is 1. The van der Waals surface area contributed by atoms with Gasteiger partial charge in [-0.15, -0.1) is 6.58 Å². The summed E-state index contributed by atoms with van der Waals surface area (Å²) in [7, 11) is 0. The van der Waals surface area contributed by atoms with Crippen LogP contribution >= 0.6 is 11.8 Å². The molecule has 13 heavy (non-hydrogen) atoms. The Morgan fingerprint density at radius 2 is 2.15 bits per heavy atom. The average Bonchev–Trinajstić information content (AvgIpc) is 2.16. The van der Waals surface area contributed by atoms with Crippen molar-refractivity contribution in [2.45, 2.75) is 33.2 Å². The van der Waals surface area contributed by atoms with E-state index in [4.69, 9.17) is 0 Å². The van der Waals surface area contributed by atoms with Gasteiger partial charge in [0.2, 0.25) is 0 Å². The molecule has 0 aromatic carbocycles. The molecule has 0 spiro atoms. The zero-order chi connectivity index (χ0) is 10.1. The van der Waals surface area contributed by atoms with Gasteiger partial charge in [-0.3, -0.25) is 0 Å². The van der Waals surface area contributed by atoms with Crippen LogP contribution in [-0.2, 0) is 0 Å². The molecular weight excluding hydrogens is 178 g/mol. The fourth-order valence-electron chi connectivity index (χ4n) is 1.08. The van der Waals surface area contributed by atoms with Crippen molar-refractivity contribution in [3.8, 4) is 0 Å². The van der Waals surface area contributed by atoms with Gasteiger partial charge in [0.15, 0.2) is 0 Å². The van der Waals surface area contributed by atoms with Gasteiger partial charge in [0.25, 0.3) is 0 Å². The minimum Gasteiger partial charge on any atom is -0.313 e. The van der Waals surface area contributed by atoms with E-state index in [9.17, 15) is 0 Å². The van der Waals surface area contributed by atoms with Crippen molar-refractivity contribution < 1.29 is 0 Å². The van der Waals surface area contributed by atoms with Crippen molar-refractivity contribution in [1.29, 1.82) is 0 Å². The highest BCUT2D eigenvalue weighted by atomic mass is 32.2. The lowest BCUT2D eigenvalue weighted by molar-refractivity contribution is 0.399. The van der Waals surface area contributed by atoms with E-state index in [-0.39, 0.29) is 0 Å². The summed E-state index contributed by atoms with van der Waals surface area (Å²) in [6.45, 7) is 11.6. The molecule has 0 radical (unpaired) electrons. The SMILES string of the molecule is C=CCSCCNC(C)C(C)CC.